The second kappa shape index (κ2) is 6.62. The molecule has 0 heterocycles. The van der Waals surface area contributed by atoms with E-state index in [0.29, 0.717) is 22.8 Å². The van der Waals surface area contributed by atoms with Crippen LogP contribution in [0.1, 0.15) is 5.56 Å². The summed E-state index contributed by atoms with van der Waals surface area (Å²) in [6.45, 7) is 1.87. The fourth-order valence-electron chi connectivity index (χ4n) is 1.88. The molecule has 4 N–H and O–H groups in total. The van der Waals surface area contributed by atoms with E-state index < -0.39 is 11.8 Å². The monoisotopic (exact) mass is 299 g/mol. The van der Waals surface area contributed by atoms with Gasteiger partial charge in [-0.2, -0.15) is 0 Å². The predicted molar refractivity (Wildman–Crippen MR) is 85.8 cm³/mol. The van der Waals surface area contributed by atoms with Gasteiger partial charge in [0.15, 0.2) is 0 Å². The Morgan fingerprint density at radius 2 is 1.64 bits per heavy atom. The second-order valence-corrected chi connectivity index (χ2v) is 4.70. The summed E-state index contributed by atoms with van der Waals surface area (Å²) in [5.41, 5.74) is 7.91. The highest BCUT2D eigenvalue weighted by Crippen LogP contribution is 2.23. The highest BCUT2D eigenvalue weighted by atomic mass is 16.5. The van der Waals surface area contributed by atoms with Gasteiger partial charge in [0.05, 0.1) is 24.2 Å². The molecule has 0 aromatic heterocycles. The molecule has 0 atom stereocenters. The molecule has 0 bridgehead atoms. The average molecular weight is 299 g/mol. The lowest BCUT2D eigenvalue weighted by molar-refractivity contribution is -0.133. The van der Waals surface area contributed by atoms with Gasteiger partial charge in [-0.05, 0) is 36.8 Å². The number of nitrogens with one attached hydrogen (secondary N) is 2. The number of carbonyl (C=O) groups excluding carboxylic acids is 2. The number of benzene rings is 2. The lowest BCUT2D eigenvalue weighted by Crippen LogP contribution is -2.29. The number of nitrogens with two attached hydrogens (primary N) is 1. The first-order valence-corrected chi connectivity index (χ1v) is 6.62. The zero-order valence-corrected chi connectivity index (χ0v) is 12.3. The Balaban J connectivity index is 2.09. The van der Waals surface area contributed by atoms with Crippen molar-refractivity contribution >= 4 is 28.9 Å². The molecule has 0 aliphatic carbocycles. The van der Waals surface area contributed by atoms with Crippen LogP contribution < -0.4 is 21.1 Å². The van der Waals surface area contributed by atoms with E-state index in [1.165, 1.54) is 7.11 Å². The zero-order chi connectivity index (χ0) is 16.1. The molecule has 0 saturated carbocycles. The average Bonchev–Trinajstić information content (AvgIpc) is 2.51. The van der Waals surface area contributed by atoms with Crippen molar-refractivity contribution in [1.82, 2.24) is 0 Å². The minimum Gasteiger partial charge on any atom is -0.495 e. The van der Waals surface area contributed by atoms with Crippen molar-refractivity contribution in [2.45, 2.75) is 6.92 Å². The van der Waals surface area contributed by atoms with Crippen LogP contribution in [0.2, 0.25) is 0 Å². The molecule has 22 heavy (non-hydrogen) atoms. The third kappa shape index (κ3) is 3.54. The van der Waals surface area contributed by atoms with E-state index in [1.54, 1.807) is 36.4 Å². The van der Waals surface area contributed by atoms with Gasteiger partial charge in [0.25, 0.3) is 0 Å². The molecule has 0 fully saturated rings. The topological polar surface area (TPSA) is 93.4 Å². The van der Waals surface area contributed by atoms with Crippen LogP contribution in [-0.4, -0.2) is 18.9 Å². The summed E-state index contributed by atoms with van der Waals surface area (Å²) < 4.78 is 5.11. The summed E-state index contributed by atoms with van der Waals surface area (Å²) >= 11 is 0. The summed E-state index contributed by atoms with van der Waals surface area (Å²) in [5.74, 6) is -1.13. The Bertz CT molecular complexity index is 714. The van der Waals surface area contributed by atoms with Crippen LogP contribution in [0.4, 0.5) is 17.1 Å². The fourth-order valence-corrected chi connectivity index (χ4v) is 1.88. The number of methoxy groups -OCH3 is 1. The minimum atomic E-state index is -0.803. The van der Waals surface area contributed by atoms with Crippen LogP contribution in [0.3, 0.4) is 0 Å². The molecular weight excluding hydrogens is 282 g/mol. The molecule has 0 aliphatic heterocycles. The molecule has 6 nitrogen and oxygen atoms in total. The number of para-hydroxylation sites is 2. The molecule has 0 saturated heterocycles. The number of rotatable bonds is 3. The standard InChI is InChI=1S/C16H17N3O3/c1-10-7-8-11(17)13(9-10)19-16(21)15(20)18-12-5-3-4-6-14(12)22-2/h3-9H,17H2,1-2H3,(H,18,20)(H,19,21). The lowest BCUT2D eigenvalue weighted by Gasteiger charge is -2.11. The van der Waals surface area contributed by atoms with Crippen molar-refractivity contribution in [3.8, 4) is 5.75 Å². The molecule has 2 rings (SSSR count). The Morgan fingerprint density at radius 1 is 1.00 bits per heavy atom. The van der Waals surface area contributed by atoms with Crippen LogP contribution >= 0.6 is 0 Å². The fraction of sp³-hybridized carbons (Fsp3) is 0.125. The molecule has 6 heteroatoms. The van der Waals surface area contributed by atoms with Crippen LogP contribution in [0, 0.1) is 6.92 Å². The number of nitrogen functional groups attached to an aromatic ring is 1. The van der Waals surface area contributed by atoms with Gasteiger partial charge >= 0.3 is 11.8 Å². The third-order valence-electron chi connectivity index (χ3n) is 3.02. The Labute approximate surface area is 128 Å². The molecule has 0 spiro atoms. The first-order valence-electron chi connectivity index (χ1n) is 6.62. The van der Waals surface area contributed by atoms with Crippen molar-refractivity contribution in [2.24, 2.45) is 0 Å². The van der Waals surface area contributed by atoms with Crippen molar-refractivity contribution in [3.63, 3.8) is 0 Å². The van der Waals surface area contributed by atoms with Crippen LogP contribution in [0.5, 0.6) is 5.75 Å². The lowest BCUT2D eigenvalue weighted by atomic mass is 10.2. The number of aryl methyl sites for hydroxylation is 1. The van der Waals surface area contributed by atoms with Gasteiger partial charge in [-0.25, -0.2) is 0 Å². The van der Waals surface area contributed by atoms with Crippen molar-refractivity contribution < 1.29 is 14.3 Å². The maximum absolute atomic E-state index is 12.0. The number of hydrogen-bond donors (Lipinski definition) is 3. The van der Waals surface area contributed by atoms with Gasteiger partial charge in [0, 0.05) is 0 Å². The zero-order valence-electron chi connectivity index (χ0n) is 12.3. The maximum Gasteiger partial charge on any atom is 0.314 e. The van der Waals surface area contributed by atoms with Crippen molar-refractivity contribution in [3.05, 3.63) is 48.0 Å². The summed E-state index contributed by atoms with van der Waals surface area (Å²) in [7, 11) is 1.48. The van der Waals surface area contributed by atoms with Gasteiger partial charge in [0.2, 0.25) is 0 Å². The largest absolute Gasteiger partial charge is 0.495 e. The molecular formula is C16H17N3O3. The number of carbonyl (C=O) groups is 2. The van der Waals surface area contributed by atoms with Crippen LogP contribution in [0.25, 0.3) is 0 Å². The number of ether oxygens (including phenoxy) is 1. The van der Waals surface area contributed by atoms with E-state index in [0.717, 1.165) is 5.56 Å². The van der Waals surface area contributed by atoms with E-state index in [9.17, 15) is 9.59 Å². The number of anilines is 3. The van der Waals surface area contributed by atoms with Gasteiger partial charge in [-0.1, -0.05) is 18.2 Å². The normalized spacial score (nSPS) is 9.91. The first-order chi connectivity index (χ1) is 10.5. The van der Waals surface area contributed by atoms with Crippen molar-refractivity contribution in [1.29, 1.82) is 0 Å². The molecule has 2 aromatic carbocycles. The summed E-state index contributed by atoms with van der Waals surface area (Å²) in [5, 5.41) is 4.99. The molecule has 2 amide bonds. The first kappa shape index (κ1) is 15.4. The van der Waals surface area contributed by atoms with Gasteiger partial charge < -0.3 is 21.1 Å². The molecule has 0 radical (unpaired) electrons. The van der Waals surface area contributed by atoms with Gasteiger partial charge in [-0.15, -0.1) is 0 Å². The number of hydrogen-bond acceptors (Lipinski definition) is 4. The third-order valence-corrected chi connectivity index (χ3v) is 3.02. The van der Waals surface area contributed by atoms with E-state index in [-0.39, 0.29) is 0 Å². The Kier molecular flexibility index (Phi) is 4.63. The number of amides is 2. The van der Waals surface area contributed by atoms with Gasteiger partial charge in [0.1, 0.15) is 5.75 Å². The van der Waals surface area contributed by atoms with E-state index in [4.69, 9.17) is 10.5 Å². The van der Waals surface area contributed by atoms with Crippen molar-refractivity contribution in [2.75, 3.05) is 23.5 Å². The molecule has 114 valence electrons. The molecule has 0 aliphatic rings. The highest BCUT2D eigenvalue weighted by molar-refractivity contribution is 6.44. The van der Waals surface area contributed by atoms with Crippen LogP contribution in [-0.2, 0) is 9.59 Å². The molecule has 0 unspecified atom stereocenters. The van der Waals surface area contributed by atoms with E-state index in [2.05, 4.69) is 10.6 Å². The summed E-state index contributed by atoms with van der Waals surface area (Å²) in [6.07, 6.45) is 0. The van der Waals surface area contributed by atoms with E-state index in [1.807, 2.05) is 13.0 Å². The maximum atomic E-state index is 12.0. The Morgan fingerprint density at radius 3 is 2.32 bits per heavy atom. The summed E-state index contributed by atoms with van der Waals surface area (Å²) in [6, 6.07) is 12.0. The van der Waals surface area contributed by atoms with Gasteiger partial charge in [-0.3, -0.25) is 9.59 Å². The SMILES string of the molecule is COc1ccccc1NC(=O)C(=O)Nc1cc(C)ccc1N. The Hall–Kier alpha value is -3.02. The minimum absolute atomic E-state index is 0.393. The summed E-state index contributed by atoms with van der Waals surface area (Å²) in [4.78, 5) is 23.9. The second-order valence-electron chi connectivity index (χ2n) is 4.70. The van der Waals surface area contributed by atoms with E-state index >= 15 is 0 Å². The predicted octanol–water partition coefficient (Wildman–Crippen LogP) is 2.16. The highest BCUT2D eigenvalue weighted by Gasteiger charge is 2.16. The van der Waals surface area contributed by atoms with Crippen LogP contribution in [0.15, 0.2) is 42.5 Å². The smallest absolute Gasteiger partial charge is 0.314 e. The molecule has 2 aromatic rings. The quantitative estimate of drug-likeness (QED) is 0.598.